The van der Waals surface area contributed by atoms with E-state index in [9.17, 15) is 8.42 Å². The van der Waals surface area contributed by atoms with Gasteiger partial charge < -0.3 is 0 Å². The van der Waals surface area contributed by atoms with E-state index in [0.29, 0.717) is 0 Å². The molecule has 0 atom stereocenters. The zero-order valence-electron chi connectivity index (χ0n) is 10.4. The van der Waals surface area contributed by atoms with E-state index in [-0.39, 0.29) is 26.9 Å². The molecule has 0 unspecified atom stereocenters. The molecule has 0 aliphatic rings. The topological polar surface area (TPSA) is 107 Å². The lowest BCUT2D eigenvalue weighted by molar-refractivity contribution is 0.601. The van der Waals surface area contributed by atoms with Crippen LogP contribution in [0.4, 0.5) is 5.82 Å². The molecular formula is C13H7ClN4O2S. The predicted molar refractivity (Wildman–Crippen MR) is 75.9 cm³/mol. The first kappa shape index (κ1) is 14.8. The van der Waals surface area contributed by atoms with Gasteiger partial charge in [0.25, 0.3) is 10.0 Å². The molecule has 1 aromatic heterocycles. The Labute approximate surface area is 126 Å². The average Bonchev–Trinajstić information content (AvgIpc) is 2.47. The van der Waals surface area contributed by atoms with Crippen LogP contribution in [0.3, 0.4) is 0 Å². The summed E-state index contributed by atoms with van der Waals surface area (Å²) in [5, 5.41) is 17.6. The number of nitrogens with one attached hydrogen (secondary N) is 1. The molecule has 0 saturated carbocycles. The summed E-state index contributed by atoms with van der Waals surface area (Å²) in [6.45, 7) is 0. The number of anilines is 1. The van der Waals surface area contributed by atoms with Gasteiger partial charge in [0.1, 0.15) is 10.7 Å². The molecule has 0 radical (unpaired) electrons. The van der Waals surface area contributed by atoms with Gasteiger partial charge in [0.05, 0.1) is 28.3 Å². The molecule has 1 heterocycles. The van der Waals surface area contributed by atoms with E-state index in [1.54, 1.807) is 0 Å². The molecule has 8 heteroatoms. The van der Waals surface area contributed by atoms with Gasteiger partial charge in [-0.15, -0.1) is 0 Å². The van der Waals surface area contributed by atoms with Crippen molar-refractivity contribution in [1.82, 2.24) is 4.98 Å². The first-order chi connectivity index (χ1) is 9.96. The summed E-state index contributed by atoms with van der Waals surface area (Å²) in [4.78, 5) is 3.59. The third kappa shape index (κ3) is 3.29. The fraction of sp³-hybridized carbons (Fsp3) is 0. The van der Waals surface area contributed by atoms with Crippen molar-refractivity contribution < 1.29 is 8.42 Å². The smallest absolute Gasteiger partial charge is 0.263 e. The summed E-state index contributed by atoms with van der Waals surface area (Å²) >= 11 is 5.86. The maximum absolute atomic E-state index is 12.3. The van der Waals surface area contributed by atoms with Crippen molar-refractivity contribution in [2.24, 2.45) is 0 Å². The van der Waals surface area contributed by atoms with E-state index < -0.39 is 10.0 Å². The lowest BCUT2D eigenvalue weighted by Gasteiger charge is -2.09. The SMILES string of the molecule is N#Cc1ccnc(NS(=O)(=O)c2cc(C#N)ccc2Cl)c1. The molecule has 1 N–H and O–H groups in total. The minimum absolute atomic E-state index is 0.00697. The Balaban J connectivity index is 2.44. The van der Waals surface area contributed by atoms with Crippen molar-refractivity contribution in [1.29, 1.82) is 10.5 Å². The number of rotatable bonds is 3. The van der Waals surface area contributed by atoms with Crippen LogP contribution in [0.2, 0.25) is 5.02 Å². The number of nitriles is 2. The number of pyridine rings is 1. The predicted octanol–water partition coefficient (Wildman–Crippen LogP) is 2.28. The first-order valence-corrected chi connectivity index (χ1v) is 7.41. The maximum atomic E-state index is 12.3. The minimum Gasteiger partial charge on any atom is -0.263 e. The van der Waals surface area contributed by atoms with E-state index in [1.165, 1.54) is 36.5 Å². The van der Waals surface area contributed by atoms with Crippen molar-refractivity contribution in [3.8, 4) is 12.1 Å². The van der Waals surface area contributed by atoms with Crippen molar-refractivity contribution in [2.45, 2.75) is 4.90 Å². The molecule has 0 spiro atoms. The Morgan fingerprint density at radius 3 is 2.43 bits per heavy atom. The Kier molecular flexibility index (Phi) is 4.08. The van der Waals surface area contributed by atoms with E-state index in [0.717, 1.165) is 0 Å². The summed E-state index contributed by atoms with van der Waals surface area (Å²) in [5.41, 5.74) is 0.429. The molecule has 1 aromatic carbocycles. The number of nitrogens with zero attached hydrogens (tertiary/aromatic N) is 3. The highest BCUT2D eigenvalue weighted by molar-refractivity contribution is 7.92. The highest BCUT2D eigenvalue weighted by Gasteiger charge is 2.19. The fourth-order valence-electron chi connectivity index (χ4n) is 1.53. The largest absolute Gasteiger partial charge is 0.264 e. The monoisotopic (exact) mass is 318 g/mol. The third-order valence-electron chi connectivity index (χ3n) is 2.48. The molecular weight excluding hydrogens is 312 g/mol. The first-order valence-electron chi connectivity index (χ1n) is 5.55. The van der Waals surface area contributed by atoms with Gasteiger partial charge in [-0.3, -0.25) is 4.72 Å². The van der Waals surface area contributed by atoms with Crippen LogP contribution in [0.15, 0.2) is 41.4 Å². The molecule has 0 fully saturated rings. The Morgan fingerprint density at radius 1 is 1.10 bits per heavy atom. The lowest BCUT2D eigenvalue weighted by Crippen LogP contribution is -2.14. The number of halogens is 1. The molecule has 0 amide bonds. The molecule has 2 rings (SSSR count). The van der Waals surface area contributed by atoms with Crippen LogP contribution in [0.5, 0.6) is 0 Å². The summed E-state index contributed by atoms with van der Waals surface area (Å²) in [6.07, 6.45) is 1.31. The summed E-state index contributed by atoms with van der Waals surface area (Å²) < 4.78 is 26.7. The zero-order chi connectivity index (χ0) is 15.5. The second-order valence-corrected chi connectivity index (χ2v) is 5.96. The van der Waals surface area contributed by atoms with E-state index in [1.807, 2.05) is 12.1 Å². The standard InChI is InChI=1S/C13H7ClN4O2S/c14-11-2-1-9(7-15)5-12(11)21(19,20)18-13-6-10(8-16)3-4-17-13/h1-6H,(H,17,18). The van der Waals surface area contributed by atoms with Gasteiger partial charge in [-0.25, -0.2) is 13.4 Å². The van der Waals surface area contributed by atoms with Crippen LogP contribution in [0, 0.1) is 22.7 Å². The molecule has 0 bridgehead atoms. The van der Waals surface area contributed by atoms with Crippen molar-refractivity contribution in [2.75, 3.05) is 4.72 Å². The number of aromatic nitrogens is 1. The van der Waals surface area contributed by atoms with Gasteiger partial charge >= 0.3 is 0 Å². The second kappa shape index (κ2) is 5.80. The normalized spacial score (nSPS) is 10.4. The third-order valence-corrected chi connectivity index (χ3v) is 4.31. The van der Waals surface area contributed by atoms with Crippen molar-refractivity contribution in [3.05, 3.63) is 52.7 Å². The average molecular weight is 319 g/mol. The molecule has 0 aliphatic carbocycles. The molecule has 0 aliphatic heterocycles. The van der Waals surface area contributed by atoms with E-state index in [4.69, 9.17) is 22.1 Å². The number of benzene rings is 1. The summed E-state index contributed by atoms with van der Waals surface area (Å²) in [7, 11) is -4.01. The summed E-state index contributed by atoms with van der Waals surface area (Å²) in [6, 6.07) is 10.4. The highest BCUT2D eigenvalue weighted by Crippen LogP contribution is 2.24. The zero-order valence-corrected chi connectivity index (χ0v) is 12.0. The molecule has 6 nitrogen and oxygen atoms in total. The number of hydrogen-bond acceptors (Lipinski definition) is 5. The van der Waals surface area contributed by atoms with Gasteiger partial charge in [-0.05, 0) is 30.3 Å². The number of hydrogen-bond donors (Lipinski definition) is 1. The van der Waals surface area contributed by atoms with Gasteiger partial charge in [0, 0.05) is 6.20 Å². The molecule has 104 valence electrons. The maximum Gasteiger partial charge on any atom is 0.264 e. The van der Waals surface area contributed by atoms with Crippen LogP contribution in [0.25, 0.3) is 0 Å². The van der Waals surface area contributed by atoms with Crippen LogP contribution >= 0.6 is 11.6 Å². The van der Waals surface area contributed by atoms with Crippen LogP contribution < -0.4 is 4.72 Å². The Bertz CT molecular complexity index is 882. The van der Waals surface area contributed by atoms with Gasteiger partial charge in [-0.2, -0.15) is 10.5 Å². The van der Waals surface area contributed by atoms with Gasteiger partial charge in [0.15, 0.2) is 0 Å². The number of sulfonamides is 1. The Hall–Kier alpha value is -2.61. The lowest BCUT2D eigenvalue weighted by atomic mass is 10.2. The van der Waals surface area contributed by atoms with Crippen LogP contribution in [-0.2, 0) is 10.0 Å². The highest BCUT2D eigenvalue weighted by atomic mass is 35.5. The van der Waals surface area contributed by atoms with Crippen molar-refractivity contribution in [3.63, 3.8) is 0 Å². The van der Waals surface area contributed by atoms with Gasteiger partial charge in [-0.1, -0.05) is 11.6 Å². The van der Waals surface area contributed by atoms with Crippen LogP contribution in [-0.4, -0.2) is 13.4 Å². The molecule has 21 heavy (non-hydrogen) atoms. The summed E-state index contributed by atoms with van der Waals surface area (Å²) in [5.74, 6) is -0.00697. The molecule has 0 saturated heterocycles. The quantitative estimate of drug-likeness (QED) is 0.934. The molecule has 2 aromatic rings. The second-order valence-electron chi connectivity index (χ2n) is 3.90. The van der Waals surface area contributed by atoms with E-state index >= 15 is 0 Å². The van der Waals surface area contributed by atoms with E-state index in [2.05, 4.69) is 9.71 Å². The minimum atomic E-state index is -4.01. The van der Waals surface area contributed by atoms with Crippen molar-refractivity contribution >= 4 is 27.4 Å². The Morgan fingerprint density at radius 2 is 1.76 bits per heavy atom. The van der Waals surface area contributed by atoms with Gasteiger partial charge in [0.2, 0.25) is 0 Å². The fourth-order valence-corrected chi connectivity index (χ4v) is 3.05. The van der Waals surface area contributed by atoms with Crippen LogP contribution in [0.1, 0.15) is 11.1 Å².